The Bertz CT molecular complexity index is 6640. The fourth-order valence-electron chi connectivity index (χ4n) is 14.9. The zero-order chi connectivity index (χ0) is 88.7. The number of pyridine rings is 1. The van der Waals surface area contributed by atoms with Crippen molar-refractivity contribution in [2.24, 2.45) is 0 Å². The first-order valence-corrected chi connectivity index (χ1v) is 41.7. The Morgan fingerprint density at radius 1 is 0.386 bits per heavy atom. The molecule has 0 radical (unpaired) electrons. The van der Waals surface area contributed by atoms with Gasteiger partial charge in [-0.05, 0) is 153 Å². The molecular formula is C93H99F3N26O5. The van der Waals surface area contributed by atoms with Crippen molar-refractivity contribution in [1.29, 1.82) is 0 Å². The van der Waals surface area contributed by atoms with Gasteiger partial charge >= 0.3 is 0 Å². The second-order valence-corrected chi connectivity index (χ2v) is 31.4. The van der Waals surface area contributed by atoms with Crippen LogP contribution < -0.4 is 76.9 Å². The molecule has 0 spiro atoms. The number of benzene rings is 4. The first-order chi connectivity index (χ1) is 61.4. The molecule has 16 heterocycles. The van der Waals surface area contributed by atoms with E-state index in [0.29, 0.717) is 104 Å². The molecule has 10 N–H and O–H groups in total. The van der Waals surface area contributed by atoms with E-state index < -0.39 is 0 Å². The van der Waals surface area contributed by atoms with Crippen LogP contribution in [0.15, 0.2) is 210 Å². The highest BCUT2D eigenvalue weighted by atomic mass is 19.1. The summed E-state index contributed by atoms with van der Waals surface area (Å²) < 4.78 is 79.9. The van der Waals surface area contributed by atoms with Crippen molar-refractivity contribution in [3.05, 3.63) is 295 Å². The van der Waals surface area contributed by atoms with Crippen LogP contribution in [0.4, 0.5) is 42.3 Å². The van der Waals surface area contributed by atoms with E-state index >= 15 is 0 Å². The van der Waals surface area contributed by atoms with Crippen LogP contribution >= 0.6 is 0 Å². The van der Waals surface area contributed by atoms with E-state index in [1.807, 2.05) is 135 Å². The summed E-state index contributed by atoms with van der Waals surface area (Å²) in [6.07, 6.45) is 19.8. The van der Waals surface area contributed by atoms with Gasteiger partial charge in [0.25, 0.3) is 0 Å². The van der Waals surface area contributed by atoms with Gasteiger partial charge < -0.3 is 76.9 Å². The Kier molecular flexibility index (Phi) is 25.1. The largest absolute Gasteiger partial charge is 0.491 e. The van der Waals surface area contributed by atoms with Crippen LogP contribution in [0.2, 0.25) is 0 Å². The van der Waals surface area contributed by atoms with Crippen molar-refractivity contribution in [2.75, 3.05) is 72.6 Å². The van der Waals surface area contributed by atoms with E-state index in [0.717, 1.165) is 130 Å². The molecule has 0 saturated heterocycles. The third-order valence-electron chi connectivity index (χ3n) is 21.6. The summed E-state index contributed by atoms with van der Waals surface area (Å²) in [7, 11) is 0. The zero-order valence-electron chi connectivity index (χ0n) is 71.8. The van der Waals surface area contributed by atoms with E-state index in [1.165, 1.54) is 36.4 Å². The predicted octanol–water partition coefficient (Wildman–Crippen LogP) is 15.3. The van der Waals surface area contributed by atoms with Crippen LogP contribution in [0.5, 0.6) is 28.7 Å². The molecule has 31 nitrogen and oxygen atoms in total. The molecule has 0 amide bonds. The summed E-state index contributed by atoms with van der Waals surface area (Å²) in [6, 6.07) is 30.8. The maximum absolute atomic E-state index is 13.9. The summed E-state index contributed by atoms with van der Waals surface area (Å²) in [5.74, 6) is 6.35. The number of nitrogens with one attached hydrogen (secondary N) is 10. The molecule has 5 aliphatic heterocycles. The first kappa shape index (κ1) is 85.2. The fourth-order valence-corrected chi connectivity index (χ4v) is 14.9. The summed E-state index contributed by atoms with van der Waals surface area (Å²) in [6.45, 7) is 42.6. The molecule has 7 atom stereocenters. The first-order valence-electron chi connectivity index (χ1n) is 41.7. The van der Waals surface area contributed by atoms with E-state index in [9.17, 15) is 13.2 Å². The van der Waals surface area contributed by atoms with Crippen molar-refractivity contribution in [3.8, 4) is 28.7 Å². The molecule has 127 heavy (non-hydrogen) atoms. The van der Waals surface area contributed by atoms with Crippen LogP contribution in [-0.2, 0) is 6.54 Å². The highest BCUT2D eigenvalue weighted by Gasteiger charge is 2.26. The summed E-state index contributed by atoms with van der Waals surface area (Å²) in [5.41, 5.74) is 17.7. The minimum atomic E-state index is -0.298. The van der Waals surface area contributed by atoms with Crippen molar-refractivity contribution in [2.45, 2.75) is 111 Å². The van der Waals surface area contributed by atoms with Gasteiger partial charge in [-0.3, -0.25) is 4.98 Å². The average Bonchev–Trinajstić information content (AvgIpc) is 1.55. The van der Waals surface area contributed by atoms with Crippen LogP contribution in [0.3, 0.4) is 0 Å². The molecule has 11 aromatic heterocycles. The van der Waals surface area contributed by atoms with Crippen LogP contribution in [-0.4, -0.2) is 142 Å². The molecule has 0 saturated carbocycles. The molecule has 1 unspecified atom stereocenters. The van der Waals surface area contributed by atoms with Crippen LogP contribution in [0, 0.1) is 31.3 Å². The van der Waals surface area contributed by atoms with E-state index in [-0.39, 0.29) is 59.9 Å². The molecule has 4 aromatic carbocycles. The lowest BCUT2D eigenvalue weighted by Crippen LogP contribution is -2.30. The molecule has 15 aromatic rings. The van der Waals surface area contributed by atoms with E-state index in [1.54, 1.807) is 78.0 Å². The third-order valence-corrected chi connectivity index (χ3v) is 21.6. The highest BCUT2D eigenvalue weighted by molar-refractivity contribution is 5.78. The molecule has 0 fully saturated rings. The number of nitrogens with zero attached hydrogens (tertiary/aromatic N) is 16. The molecule has 34 heteroatoms. The van der Waals surface area contributed by atoms with E-state index in [4.69, 9.17) is 43.6 Å². The zero-order valence-corrected chi connectivity index (χ0v) is 71.8. The second kappa shape index (κ2) is 37.4. The lowest BCUT2D eigenvalue weighted by Gasteiger charge is -2.22. The Morgan fingerprint density at radius 3 is 1.36 bits per heavy atom. The number of hydrogen-bond donors (Lipinski definition) is 10. The molecular weight excluding hydrogens is 1620 g/mol. The van der Waals surface area contributed by atoms with Crippen molar-refractivity contribution >= 4 is 85.8 Å². The Morgan fingerprint density at radius 2 is 0.811 bits per heavy atom. The van der Waals surface area contributed by atoms with Gasteiger partial charge in [-0.25, -0.2) is 60.7 Å². The SMILES string of the molecule is C=C1NCCOc2ccc(F)cc2[C@@H](C)Nc2nc3c1cnn3cc2C.C=C1NCCOc2ccccc2C(C)Nc2ccn3ncc1c3n2.C=C1NC[C@H](C)Oc2ccc(F)cc2[C@@H](C)Nc2nc3c1cnn3cc2C.C=C1NC[C@H](C)Oc2cccnc2[C@@H](C)Nc2ccn3ncc1c3n2.C=C1N[C@@H](C)COc2ccc(F)cc2CNc2ccn3ncc1c3n2. The van der Waals surface area contributed by atoms with Gasteiger partial charge in [0.1, 0.15) is 113 Å². The average molecular weight is 1720 g/mol. The minimum Gasteiger partial charge on any atom is -0.491 e. The molecule has 652 valence electrons. The molecule has 5 aliphatic rings. The monoisotopic (exact) mass is 1720 g/mol. The summed E-state index contributed by atoms with van der Waals surface area (Å²) >= 11 is 0. The highest BCUT2D eigenvalue weighted by Crippen LogP contribution is 2.36. The number of rotatable bonds is 0. The number of hydrogen-bond acceptors (Lipinski definition) is 26. The maximum atomic E-state index is 13.9. The summed E-state index contributed by atoms with van der Waals surface area (Å²) in [4.78, 5) is 28.0. The van der Waals surface area contributed by atoms with Gasteiger partial charge in [-0.2, -0.15) is 25.5 Å². The Labute approximate surface area is 730 Å². The third kappa shape index (κ3) is 19.4. The number of fused-ring (bicyclic) bond motifs is 10. The Balaban J connectivity index is 0.000000117. The normalized spacial score (nSPS) is 18.6. The lowest BCUT2D eigenvalue weighted by molar-refractivity contribution is 0.219. The van der Waals surface area contributed by atoms with E-state index in [2.05, 4.69) is 135 Å². The van der Waals surface area contributed by atoms with Crippen molar-refractivity contribution in [1.82, 2.24) is 105 Å². The number of aryl methyl sites for hydroxylation is 2. The number of halogens is 3. The smallest absolute Gasteiger partial charge is 0.166 e. The van der Waals surface area contributed by atoms with Gasteiger partial charge in [0.15, 0.2) is 28.2 Å². The number of anilines is 5. The maximum Gasteiger partial charge on any atom is 0.166 e. The second-order valence-electron chi connectivity index (χ2n) is 31.4. The number of para-hydroxylation sites is 1. The molecule has 20 rings (SSSR count). The standard InChI is InChI=1S/C20H22FN5O.C19H20FN5O.C18H18FN5O.C18H20N6O.C18H19N5O/c1-11-10-26-20-17(9-23-26)13(3)22-8-12(2)27-18-6-5-15(21)7-16(18)14(4)24-19(11)25-20;1-11-10-25-19-16(9-22-25)12(2)21-6-7-26-17-5-4-14(20)8-15(17)13(3)23-18(11)24-19;1-11-10-25-16-4-3-14(19)7-13(16)8-20-17-5-6-24-18(23-17)15(9-21-24)12(2)22-11;1-11-9-20-12(2)14-10-21-24-8-6-16(23-18(14)24)22-13(3)17-15(25-11)5-4-7-19-17;1-12-15-11-20-23-9-7-17(22-18(15)23)21-13(2)14-5-3-4-6-16(14)24-10-8-19-12/h5-7,9-10,12,14,22H,3,8H2,1-2,4H3,(H,24,25);4-5,8-10,13,21H,2,6-7H2,1,3H3,(H,23,24);3-7,9,11,22H,2,8,10H2,1H3,(H,20,23);4-8,10-11,13,20H,2,9H2,1,3H3,(H,22,23);3-7,9,11,13,19H,1,8,10H2,2H3,(H,21,22)/t12-,14+;13-;11-;11-,13+;/m0100./s1. The molecule has 0 aliphatic carbocycles. The lowest BCUT2D eigenvalue weighted by atomic mass is 10.1. The van der Waals surface area contributed by atoms with Gasteiger partial charge in [-0.15, -0.1) is 0 Å². The number of aromatic nitrogens is 16. The molecule has 10 bridgehead atoms. The van der Waals surface area contributed by atoms with Crippen LogP contribution in [0.25, 0.3) is 56.7 Å². The van der Waals surface area contributed by atoms with Gasteiger partial charge in [-0.1, -0.05) is 51.1 Å². The van der Waals surface area contributed by atoms with Crippen LogP contribution in [0.1, 0.15) is 140 Å². The predicted molar refractivity (Wildman–Crippen MR) is 486 cm³/mol. The Hall–Kier alpha value is -15.4. The number of ether oxygens (including phenoxy) is 5. The fraction of sp³-hybridized carbons (Fsp3) is 0.258. The van der Waals surface area contributed by atoms with Crippen molar-refractivity contribution in [3.63, 3.8) is 0 Å². The van der Waals surface area contributed by atoms with Gasteiger partial charge in [0.05, 0.1) is 102 Å². The topological polar surface area (TPSA) is 330 Å². The summed E-state index contributed by atoms with van der Waals surface area (Å²) in [5, 5.41) is 54.9. The quantitative estimate of drug-likeness (QED) is 0.0674. The van der Waals surface area contributed by atoms with Gasteiger partial charge in [0.2, 0.25) is 0 Å². The minimum absolute atomic E-state index is 0.0113. The van der Waals surface area contributed by atoms with Crippen molar-refractivity contribution < 1.29 is 36.9 Å². The van der Waals surface area contributed by atoms with Gasteiger partial charge in [0, 0.05) is 119 Å².